The molecule has 4 aromatic heterocycles. The van der Waals surface area contributed by atoms with Crippen molar-refractivity contribution in [3.8, 4) is 73.0 Å². The van der Waals surface area contributed by atoms with E-state index in [9.17, 15) is 4.39 Å². The van der Waals surface area contributed by atoms with Gasteiger partial charge in [-0.05, 0) is 35.5 Å². The average molecular weight is 1260 g/mol. The Balaban J connectivity index is 0.000000213. The van der Waals surface area contributed by atoms with E-state index in [2.05, 4.69) is 124 Å². The van der Waals surface area contributed by atoms with Crippen LogP contribution in [0.1, 0.15) is 36.4 Å². The summed E-state index contributed by atoms with van der Waals surface area (Å²) < 4.78 is 56.8. The molecule has 0 saturated carbocycles. The summed E-state index contributed by atoms with van der Waals surface area (Å²) in [6.07, 6.45) is 1.93. The number of imidazole rings is 1. The molecule has 0 fully saturated rings. The number of nitrogens with zero attached hydrogens (tertiary/aromatic N) is 4. The van der Waals surface area contributed by atoms with Crippen LogP contribution in [-0.4, -0.2) is 32.8 Å². The van der Waals surface area contributed by atoms with Crippen LogP contribution < -0.4 is 4.40 Å². The predicted octanol–water partition coefficient (Wildman–Crippen LogP) is 18.3. The zero-order chi connectivity index (χ0) is 56.2. The van der Waals surface area contributed by atoms with Gasteiger partial charge >= 0.3 is 160 Å². The topological polar surface area (TPSA) is 56.7 Å². The van der Waals surface area contributed by atoms with Crippen molar-refractivity contribution in [3.05, 3.63) is 248 Å². The van der Waals surface area contributed by atoms with Gasteiger partial charge in [-0.3, -0.25) is 4.98 Å². The Kier molecular flexibility index (Phi) is 13.2. The largest absolute Gasteiger partial charge is 0.486 e. The maximum Gasteiger partial charge on any atom is 0.217 e. The number of aryl methyl sites for hydroxylation is 1. The number of aromatic nitrogens is 4. The summed E-state index contributed by atoms with van der Waals surface area (Å²) in [5.41, 5.74) is 14.6. The Hall–Kier alpha value is -8.07. The molecule has 5 nitrogen and oxygen atoms in total. The van der Waals surface area contributed by atoms with Crippen molar-refractivity contribution in [3.63, 3.8) is 0 Å². The predicted molar refractivity (Wildman–Crippen MR) is 320 cm³/mol. The number of halogens is 1. The van der Waals surface area contributed by atoms with Gasteiger partial charge in [0, 0.05) is 51.7 Å². The molecule has 0 spiro atoms. The fraction of sp³-hybridized carbons (Fsp3) is 0.100. The Morgan fingerprint density at radius 1 is 0.628 bits per heavy atom. The molecule has 4 heterocycles. The van der Waals surface area contributed by atoms with Crippen LogP contribution in [0.2, 0.25) is 17.3 Å². The van der Waals surface area contributed by atoms with Gasteiger partial charge in [-0.25, -0.2) is 4.98 Å². The Morgan fingerprint density at radius 3 is 1.88 bits per heavy atom. The number of fused-ring (bicyclic) bond motifs is 6. The van der Waals surface area contributed by atoms with Crippen LogP contribution in [0.5, 0.6) is 0 Å². The van der Waals surface area contributed by atoms with Gasteiger partial charge in [0.1, 0.15) is 0 Å². The van der Waals surface area contributed by atoms with E-state index in [1.165, 1.54) is 10.5 Å². The summed E-state index contributed by atoms with van der Waals surface area (Å²) in [6.45, 7) is 1.63. The number of hydrogen-bond donors (Lipinski definition) is 0. The fourth-order valence-electron chi connectivity index (χ4n) is 10.5. The molecular weight excluding hydrogens is 1200 g/mol. The Labute approximate surface area is 476 Å². The van der Waals surface area contributed by atoms with Crippen LogP contribution in [0, 0.1) is 24.8 Å². The van der Waals surface area contributed by atoms with Crippen LogP contribution in [0.3, 0.4) is 0 Å². The minimum absolute atomic E-state index is 0. The number of furan rings is 1. The van der Waals surface area contributed by atoms with E-state index >= 15 is 0 Å². The minimum Gasteiger partial charge on any atom is -0.486 e. The molecule has 0 aliphatic heterocycles. The van der Waals surface area contributed by atoms with Gasteiger partial charge in [-0.15, -0.1) is 18.2 Å². The third-order valence-corrected chi connectivity index (χ3v) is 18.4. The summed E-state index contributed by atoms with van der Waals surface area (Å²) >= 11 is -2.17. The van der Waals surface area contributed by atoms with Crippen molar-refractivity contribution in [1.82, 2.24) is 19.5 Å². The summed E-state index contributed by atoms with van der Waals surface area (Å²) in [4.78, 5) is 15.1. The van der Waals surface area contributed by atoms with Gasteiger partial charge in [0.05, 0.1) is 33.8 Å². The number of hydrogen-bond acceptors (Lipinski definition) is 4. The van der Waals surface area contributed by atoms with Crippen LogP contribution in [0.15, 0.2) is 223 Å². The smallest absolute Gasteiger partial charge is 0.217 e. The molecule has 8 heteroatoms. The second-order valence-corrected chi connectivity index (χ2v) is 31.1. The molecule has 13 rings (SSSR count). The molecule has 13 aromatic rings. The fourth-order valence-corrected chi connectivity index (χ4v) is 13.8. The van der Waals surface area contributed by atoms with E-state index in [1.807, 2.05) is 123 Å². The van der Waals surface area contributed by atoms with E-state index < -0.39 is 26.0 Å². The van der Waals surface area contributed by atoms with Crippen molar-refractivity contribution >= 4 is 61.5 Å². The molecule has 0 unspecified atom stereocenters. The summed E-state index contributed by atoms with van der Waals surface area (Å²) in [6, 6.07) is 75.9. The van der Waals surface area contributed by atoms with E-state index in [0.717, 1.165) is 99.7 Å². The molecule has 9 aromatic carbocycles. The van der Waals surface area contributed by atoms with Gasteiger partial charge in [-0.2, -0.15) is 0 Å². The molecule has 78 heavy (non-hydrogen) atoms. The quantitative estimate of drug-likeness (QED) is 0.107. The van der Waals surface area contributed by atoms with Crippen molar-refractivity contribution in [2.75, 3.05) is 0 Å². The summed E-state index contributed by atoms with van der Waals surface area (Å²) in [5, 5.41) is 3.74. The van der Waals surface area contributed by atoms with Crippen molar-refractivity contribution in [2.24, 2.45) is 0 Å². The first kappa shape index (κ1) is 47.2. The van der Waals surface area contributed by atoms with Crippen molar-refractivity contribution < 1.29 is 34.4 Å². The van der Waals surface area contributed by atoms with Gasteiger partial charge < -0.3 is 8.98 Å². The third-order valence-electron chi connectivity index (χ3n) is 14.2. The van der Waals surface area contributed by atoms with Gasteiger partial charge in [0.15, 0.2) is 0 Å². The first-order chi connectivity index (χ1) is 39.0. The molecule has 0 amide bonds. The molecule has 1 radical (unpaired) electrons. The minimum atomic E-state index is -2.19. The van der Waals surface area contributed by atoms with Crippen LogP contribution in [0.4, 0.5) is 4.39 Å². The van der Waals surface area contributed by atoms with E-state index in [-0.39, 0.29) is 31.5 Å². The number of rotatable bonds is 9. The van der Waals surface area contributed by atoms with Crippen molar-refractivity contribution in [1.29, 1.82) is 0 Å². The Morgan fingerprint density at radius 2 is 1.24 bits per heavy atom. The zero-order valence-electron chi connectivity index (χ0n) is 47.7. The molecule has 383 valence electrons. The standard InChI is InChI=1S/C47H30N3O.C23H25FGeN.Ir/c1-30-26-28-33(29-27-30)43-37-19-9-8-18-36(37)42-38-22-13-23-39(45(38)51-47(42)49-43)46-48-40-24-10-11-25-41(40)50(46)44-34(31-14-4-2-5-15-31)20-12-21-35(44)32-16-6-3-7-17-32;1-16(2)19-14-23(26-15-22(19)25(3,4)5)18-11-12-21(24)20(13-18)17-9-7-6-8-10-17;/h2-22,24-29H,1H3;6-10,12-16H,1-5H3;/q2*-1;/i1D3;16D;. The zero-order valence-corrected chi connectivity index (χ0v) is 48.2. The SMILES string of the molecule is [2H]C(C)(C)c1cc(-c2[c-]cc(F)c(-c3ccccc3)c2)nc[c]1[Ge]([CH3])([CH3])[CH3].[2H]C([2H])([2H])c1ccc(-c2nc3oc4c(-c5nc6ccccc6n5-c5c(-c6ccccc6)cccc5-c5ccccc5)[c-]ccc4c3c3ccccc23)cc1.[Ir]. The first-order valence-corrected chi connectivity index (χ1v) is 33.1. The van der Waals surface area contributed by atoms with Gasteiger partial charge in [0.25, 0.3) is 0 Å². The van der Waals surface area contributed by atoms with E-state index in [4.69, 9.17) is 19.9 Å². The van der Waals surface area contributed by atoms with E-state index in [0.29, 0.717) is 22.7 Å². The number of para-hydroxylation sites is 3. The number of benzene rings is 9. The van der Waals surface area contributed by atoms with Gasteiger partial charge in [-0.1, -0.05) is 156 Å². The number of pyridine rings is 2. The molecule has 0 aliphatic rings. The van der Waals surface area contributed by atoms with Crippen LogP contribution in [0.25, 0.3) is 117 Å². The first-order valence-electron chi connectivity index (χ1n) is 27.8. The van der Waals surface area contributed by atoms with Crippen LogP contribution >= 0.6 is 0 Å². The third kappa shape index (κ3) is 9.83. The molecular formula is C70H55FGeIrN4O-2. The maximum atomic E-state index is 14.4. The maximum absolute atomic E-state index is 14.4. The molecule has 0 saturated heterocycles. The Bertz CT molecular complexity index is 4420. The molecule has 0 atom stereocenters. The van der Waals surface area contributed by atoms with Crippen molar-refractivity contribution in [2.45, 2.75) is 43.9 Å². The second-order valence-electron chi connectivity index (χ2n) is 20.5. The van der Waals surface area contributed by atoms with Gasteiger partial charge in [0.2, 0.25) is 5.71 Å². The molecule has 0 N–H and O–H groups in total. The second kappa shape index (κ2) is 21.8. The molecule has 0 bridgehead atoms. The van der Waals surface area contributed by atoms with E-state index in [1.54, 1.807) is 18.2 Å². The summed E-state index contributed by atoms with van der Waals surface area (Å²) in [7, 11) is 0. The average Bonchev–Trinajstić information content (AvgIpc) is 3.31. The van der Waals surface area contributed by atoms with Crippen LogP contribution in [-0.2, 0) is 20.1 Å². The monoisotopic (exact) mass is 1260 g/mol. The summed E-state index contributed by atoms with van der Waals surface area (Å²) in [5.74, 6) is 6.61. The molecule has 0 aliphatic carbocycles. The normalized spacial score (nSPS) is 12.6.